The molecule has 0 atom stereocenters. The monoisotopic (exact) mass is 410 g/mol. The molecule has 3 heterocycles. The molecule has 0 spiro atoms. The highest BCUT2D eigenvalue weighted by molar-refractivity contribution is 6.00. The molecule has 7 nitrogen and oxygen atoms in total. The standard InChI is InChI=1S/C24H22N6O/c25-9-5-16-1-3-18(4-2-16)21-15-29-24(26)23(30-21)22(31)13-19-14-28-12-8-20(19)17-6-10-27-11-7-17/h1-4,6-8,10-12,14-15H,5,9,13,25H2,(H2,26,29). The van der Waals surface area contributed by atoms with Crippen molar-refractivity contribution in [3.63, 3.8) is 0 Å². The van der Waals surface area contributed by atoms with Crippen molar-refractivity contribution in [2.45, 2.75) is 12.8 Å². The third-order valence-corrected chi connectivity index (χ3v) is 4.99. The van der Waals surface area contributed by atoms with Gasteiger partial charge in [0.15, 0.2) is 11.6 Å². The normalized spacial score (nSPS) is 10.7. The van der Waals surface area contributed by atoms with E-state index in [-0.39, 0.29) is 23.7 Å². The number of ketones is 1. The van der Waals surface area contributed by atoms with Crippen LogP contribution in [0.2, 0.25) is 0 Å². The number of rotatable bonds is 7. The summed E-state index contributed by atoms with van der Waals surface area (Å²) in [7, 11) is 0. The lowest BCUT2D eigenvalue weighted by Crippen LogP contribution is -2.12. The summed E-state index contributed by atoms with van der Waals surface area (Å²) < 4.78 is 0. The van der Waals surface area contributed by atoms with E-state index in [1.807, 2.05) is 42.5 Å². The van der Waals surface area contributed by atoms with Crippen LogP contribution in [0.4, 0.5) is 5.82 Å². The Morgan fingerprint density at radius 1 is 0.871 bits per heavy atom. The van der Waals surface area contributed by atoms with Crippen molar-refractivity contribution in [1.82, 2.24) is 19.9 Å². The Bertz CT molecular complexity index is 1190. The Balaban J connectivity index is 1.62. The minimum absolute atomic E-state index is 0.114. The molecule has 0 fully saturated rings. The molecule has 0 bridgehead atoms. The van der Waals surface area contributed by atoms with Crippen molar-refractivity contribution in [3.05, 3.63) is 90.3 Å². The summed E-state index contributed by atoms with van der Waals surface area (Å²) in [4.78, 5) is 30.1. The highest BCUT2D eigenvalue weighted by atomic mass is 16.1. The number of anilines is 1. The molecule has 3 aromatic heterocycles. The second kappa shape index (κ2) is 9.23. The van der Waals surface area contributed by atoms with Crippen molar-refractivity contribution < 1.29 is 4.79 Å². The maximum atomic E-state index is 13.1. The maximum absolute atomic E-state index is 13.1. The first-order valence-corrected chi connectivity index (χ1v) is 9.94. The second-order valence-corrected chi connectivity index (χ2v) is 7.09. The van der Waals surface area contributed by atoms with Crippen molar-refractivity contribution in [2.24, 2.45) is 5.73 Å². The van der Waals surface area contributed by atoms with Crippen LogP contribution in [-0.2, 0) is 12.8 Å². The van der Waals surface area contributed by atoms with Crippen LogP contribution in [0.1, 0.15) is 21.6 Å². The predicted molar refractivity (Wildman–Crippen MR) is 120 cm³/mol. The van der Waals surface area contributed by atoms with E-state index in [4.69, 9.17) is 11.5 Å². The number of carbonyl (C=O) groups is 1. The second-order valence-electron chi connectivity index (χ2n) is 7.09. The van der Waals surface area contributed by atoms with Gasteiger partial charge in [-0.25, -0.2) is 9.97 Å². The van der Waals surface area contributed by atoms with Crippen LogP contribution < -0.4 is 11.5 Å². The molecule has 0 aliphatic carbocycles. The molecule has 0 aliphatic rings. The van der Waals surface area contributed by atoms with Crippen molar-refractivity contribution >= 4 is 11.6 Å². The van der Waals surface area contributed by atoms with Crippen LogP contribution in [0.3, 0.4) is 0 Å². The van der Waals surface area contributed by atoms with E-state index in [2.05, 4.69) is 19.9 Å². The maximum Gasteiger partial charge on any atom is 0.189 e. The smallest absolute Gasteiger partial charge is 0.189 e. The lowest BCUT2D eigenvalue weighted by atomic mass is 9.98. The lowest BCUT2D eigenvalue weighted by molar-refractivity contribution is 0.0989. The Morgan fingerprint density at radius 2 is 1.61 bits per heavy atom. The van der Waals surface area contributed by atoms with Gasteiger partial charge < -0.3 is 11.5 Å². The molecule has 0 amide bonds. The highest BCUT2D eigenvalue weighted by Gasteiger charge is 2.17. The lowest BCUT2D eigenvalue weighted by Gasteiger charge is -2.10. The number of hydrogen-bond donors (Lipinski definition) is 2. The van der Waals surface area contributed by atoms with Crippen LogP contribution in [0.25, 0.3) is 22.4 Å². The topological polar surface area (TPSA) is 121 Å². The largest absolute Gasteiger partial charge is 0.382 e. The number of carbonyl (C=O) groups excluding carboxylic acids is 1. The first-order valence-electron chi connectivity index (χ1n) is 9.94. The van der Waals surface area contributed by atoms with Gasteiger partial charge in [0.05, 0.1) is 11.9 Å². The third kappa shape index (κ3) is 4.62. The summed E-state index contributed by atoms with van der Waals surface area (Å²) in [5, 5.41) is 0. The van der Waals surface area contributed by atoms with Crippen molar-refractivity contribution in [1.29, 1.82) is 0 Å². The van der Waals surface area contributed by atoms with E-state index in [1.165, 1.54) is 0 Å². The molecule has 0 saturated heterocycles. The van der Waals surface area contributed by atoms with E-state index >= 15 is 0 Å². The molecule has 154 valence electrons. The Morgan fingerprint density at radius 3 is 2.35 bits per heavy atom. The summed E-state index contributed by atoms with van der Waals surface area (Å²) in [6.07, 6.45) is 9.33. The van der Waals surface area contributed by atoms with E-state index in [1.54, 1.807) is 31.0 Å². The fourth-order valence-electron chi connectivity index (χ4n) is 3.39. The Kier molecular flexibility index (Phi) is 6.05. The summed E-state index contributed by atoms with van der Waals surface area (Å²) in [5.41, 5.74) is 17.0. The summed E-state index contributed by atoms with van der Waals surface area (Å²) in [5.74, 6) is -0.0993. The van der Waals surface area contributed by atoms with E-state index in [9.17, 15) is 4.79 Å². The zero-order valence-corrected chi connectivity index (χ0v) is 16.9. The molecular formula is C24H22N6O. The van der Waals surface area contributed by atoms with E-state index < -0.39 is 0 Å². The molecule has 0 aliphatic heterocycles. The average Bonchev–Trinajstić information content (AvgIpc) is 2.81. The zero-order valence-electron chi connectivity index (χ0n) is 16.9. The number of nitrogens with zero attached hydrogens (tertiary/aromatic N) is 4. The first kappa shape index (κ1) is 20.3. The average molecular weight is 410 g/mol. The quantitative estimate of drug-likeness (QED) is 0.449. The van der Waals surface area contributed by atoms with Gasteiger partial charge in [-0.2, -0.15) is 0 Å². The summed E-state index contributed by atoms with van der Waals surface area (Å²) in [6.45, 7) is 0.593. The Labute approximate surface area is 180 Å². The van der Waals surface area contributed by atoms with Crippen molar-refractivity contribution in [3.8, 4) is 22.4 Å². The predicted octanol–water partition coefficient (Wildman–Crippen LogP) is 3.11. The van der Waals surface area contributed by atoms with Gasteiger partial charge in [-0.3, -0.25) is 14.8 Å². The van der Waals surface area contributed by atoms with Crippen LogP contribution >= 0.6 is 0 Å². The molecule has 1 aromatic carbocycles. The minimum atomic E-state index is -0.213. The molecule has 4 rings (SSSR count). The van der Waals surface area contributed by atoms with Crippen LogP contribution in [0, 0.1) is 0 Å². The number of nitrogens with two attached hydrogens (primary N) is 2. The highest BCUT2D eigenvalue weighted by Crippen LogP contribution is 2.25. The number of nitrogen functional groups attached to an aromatic ring is 1. The molecule has 31 heavy (non-hydrogen) atoms. The SMILES string of the molecule is NCCc1ccc(-c2cnc(N)c(C(=O)Cc3cnccc3-c3ccncc3)n2)cc1. The van der Waals surface area contributed by atoms with Gasteiger partial charge >= 0.3 is 0 Å². The zero-order chi connectivity index (χ0) is 21.6. The van der Waals surface area contributed by atoms with Gasteiger partial charge in [-0.15, -0.1) is 0 Å². The number of pyridine rings is 2. The number of benzene rings is 1. The van der Waals surface area contributed by atoms with Crippen molar-refractivity contribution in [2.75, 3.05) is 12.3 Å². The van der Waals surface area contributed by atoms with E-state index in [0.717, 1.165) is 34.2 Å². The van der Waals surface area contributed by atoms with Crippen LogP contribution in [0.15, 0.2) is 73.4 Å². The molecule has 4 aromatic rings. The summed E-state index contributed by atoms with van der Waals surface area (Å²) in [6, 6.07) is 13.6. The summed E-state index contributed by atoms with van der Waals surface area (Å²) >= 11 is 0. The van der Waals surface area contributed by atoms with Crippen LogP contribution in [0.5, 0.6) is 0 Å². The van der Waals surface area contributed by atoms with Gasteiger partial charge in [-0.05, 0) is 53.4 Å². The Hall–Kier alpha value is -3.97. The molecule has 7 heteroatoms. The van der Waals surface area contributed by atoms with Gasteiger partial charge in [-0.1, -0.05) is 24.3 Å². The number of hydrogen-bond acceptors (Lipinski definition) is 7. The van der Waals surface area contributed by atoms with Gasteiger partial charge in [0.2, 0.25) is 0 Å². The van der Waals surface area contributed by atoms with Gasteiger partial charge in [0, 0.05) is 36.8 Å². The van der Waals surface area contributed by atoms with Crippen LogP contribution in [-0.4, -0.2) is 32.3 Å². The number of Topliss-reactive ketones (excluding diaryl/α,β-unsaturated/α-hetero) is 1. The molecule has 0 saturated carbocycles. The first-order chi connectivity index (χ1) is 15.2. The fraction of sp³-hybridized carbons (Fsp3) is 0.125. The minimum Gasteiger partial charge on any atom is -0.382 e. The molecular weight excluding hydrogens is 388 g/mol. The fourth-order valence-corrected chi connectivity index (χ4v) is 3.39. The molecule has 0 radical (unpaired) electrons. The molecule has 4 N–H and O–H groups in total. The number of aromatic nitrogens is 4. The molecule has 0 unspecified atom stereocenters. The third-order valence-electron chi connectivity index (χ3n) is 4.99. The van der Waals surface area contributed by atoms with Gasteiger partial charge in [0.1, 0.15) is 5.69 Å². The van der Waals surface area contributed by atoms with E-state index in [0.29, 0.717) is 12.2 Å². The van der Waals surface area contributed by atoms with Gasteiger partial charge in [0.25, 0.3) is 0 Å².